The van der Waals surface area contributed by atoms with Gasteiger partial charge < -0.3 is 14.8 Å². The molecule has 0 aliphatic carbocycles. The summed E-state index contributed by atoms with van der Waals surface area (Å²) in [5.41, 5.74) is 4.05. The van der Waals surface area contributed by atoms with Crippen LogP contribution < -0.4 is 5.32 Å². The highest BCUT2D eigenvalue weighted by atomic mass is 16.2. The Bertz CT molecular complexity index is 1320. The standard InChI is InChI=1S/C29H30N4O2/c1-21-28-31-24-16-8-9-17-25(24)33(28)26(29(35)32(21)20-23-13-6-3-7-14-23)19-27(34)30-18-10-15-22-11-4-2-5-12-22/h2-9,11-14,16-17,21,26H,10,15,18-20H2,1H3,(H,30,34). The zero-order valence-electron chi connectivity index (χ0n) is 19.9. The van der Waals surface area contributed by atoms with E-state index in [1.165, 1.54) is 5.56 Å². The number of aryl methyl sites for hydroxylation is 1. The molecule has 0 saturated carbocycles. The molecule has 2 amide bonds. The van der Waals surface area contributed by atoms with E-state index in [4.69, 9.17) is 4.98 Å². The van der Waals surface area contributed by atoms with Gasteiger partial charge in [0.25, 0.3) is 0 Å². The van der Waals surface area contributed by atoms with E-state index in [0.29, 0.717) is 13.1 Å². The van der Waals surface area contributed by atoms with Crippen molar-refractivity contribution in [3.05, 3.63) is 102 Å². The van der Waals surface area contributed by atoms with Gasteiger partial charge in [-0.05, 0) is 43.0 Å². The Kier molecular flexibility index (Phi) is 6.62. The highest BCUT2D eigenvalue weighted by Crippen LogP contribution is 2.37. The maximum Gasteiger partial charge on any atom is 0.247 e. The van der Waals surface area contributed by atoms with Crippen LogP contribution in [-0.2, 0) is 22.6 Å². The lowest BCUT2D eigenvalue weighted by atomic mass is 10.0. The fourth-order valence-electron chi connectivity index (χ4n) is 4.90. The monoisotopic (exact) mass is 466 g/mol. The first-order valence-corrected chi connectivity index (χ1v) is 12.2. The third kappa shape index (κ3) is 4.83. The number of hydrogen-bond acceptors (Lipinski definition) is 3. The predicted molar refractivity (Wildman–Crippen MR) is 137 cm³/mol. The minimum atomic E-state index is -0.619. The third-order valence-corrected chi connectivity index (χ3v) is 6.73. The van der Waals surface area contributed by atoms with E-state index in [1.54, 1.807) is 0 Å². The van der Waals surface area contributed by atoms with E-state index >= 15 is 0 Å². The number of carbonyl (C=O) groups excluding carboxylic acids is 2. The molecule has 0 spiro atoms. The molecule has 2 atom stereocenters. The van der Waals surface area contributed by atoms with Crippen LogP contribution in [0.1, 0.15) is 48.8 Å². The average molecular weight is 467 g/mol. The Labute approximate surface area is 205 Å². The van der Waals surface area contributed by atoms with Crippen molar-refractivity contribution < 1.29 is 9.59 Å². The van der Waals surface area contributed by atoms with Gasteiger partial charge in [0, 0.05) is 13.1 Å². The van der Waals surface area contributed by atoms with Gasteiger partial charge in [0.1, 0.15) is 11.9 Å². The van der Waals surface area contributed by atoms with Gasteiger partial charge in [-0.15, -0.1) is 0 Å². The van der Waals surface area contributed by atoms with Crippen LogP contribution in [0.15, 0.2) is 84.9 Å². The summed E-state index contributed by atoms with van der Waals surface area (Å²) in [7, 11) is 0. The summed E-state index contributed by atoms with van der Waals surface area (Å²) >= 11 is 0. The maximum atomic E-state index is 13.8. The van der Waals surface area contributed by atoms with Gasteiger partial charge >= 0.3 is 0 Å². The molecule has 0 radical (unpaired) electrons. The van der Waals surface area contributed by atoms with E-state index in [-0.39, 0.29) is 24.3 Å². The molecule has 1 aliphatic rings. The molecule has 4 aromatic rings. The van der Waals surface area contributed by atoms with Crippen LogP contribution in [0.25, 0.3) is 11.0 Å². The zero-order chi connectivity index (χ0) is 24.2. The summed E-state index contributed by atoms with van der Waals surface area (Å²) in [6.45, 7) is 3.08. The Balaban J connectivity index is 1.35. The molecule has 1 aliphatic heterocycles. The quantitative estimate of drug-likeness (QED) is 0.379. The molecule has 3 aromatic carbocycles. The van der Waals surface area contributed by atoms with Crippen molar-refractivity contribution in [2.24, 2.45) is 0 Å². The van der Waals surface area contributed by atoms with Gasteiger partial charge in [-0.25, -0.2) is 4.98 Å². The minimum Gasteiger partial charge on any atom is -0.356 e. The maximum absolute atomic E-state index is 13.8. The molecule has 0 saturated heterocycles. The first kappa shape index (κ1) is 22.8. The number of aromatic nitrogens is 2. The van der Waals surface area contributed by atoms with Crippen LogP contribution in [0.4, 0.5) is 0 Å². The number of rotatable bonds is 8. The van der Waals surface area contributed by atoms with Crippen molar-refractivity contribution in [2.45, 2.75) is 44.8 Å². The number of benzene rings is 3. The molecule has 35 heavy (non-hydrogen) atoms. The molecule has 2 unspecified atom stereocenters. The second kappa shape index (κ2) is 10.1. The summed E-state index contributed by atoms with van der Waals surface area (Å²) in [6.07, 6.45) is 1.85. The molecule has 6 nitrogen and oxygen atoms in total. The number of nitrogens with one attached hydrogen (secondary N) is 1. The fourth-order valence-corrected chi connectivity index (χ4v) is 4.90. The molecule has 1 aromatic heterocycles. The number of imidazole rings is 1. The summed E-state index contributed by atoms with van der Waals surface area (Å²) in [5.74, 6) is 0.661. The normalized spacial score (nSPS) is 17.4. The minimum absolute atomic E-state index is 0.0450. The Hall–Kier alpha value is -3.93. The largest absolute Gasteiger partial charge is 0.356 e. The highest BCUT2D eigenvalue weighted by Gasteiger charge is 2.40. The predicted octanol–water partition coefficient (Wildman–Crippen LogP) is 4.82. The topological polar surface area (TPSA) is 67.2 Å². The van der Waals surface area contributed by atoms with Crippen molar-refractivity contribution in [1.82, 2.24) is 19.8 Å². The number of nitrogens with zero attached hydrogens (tertiary/aromatic N) is 3. The van der Waals surface area contributed by atoms with Crippen molar-refractivity contribution in [3.63, 3.8) is 0 Å². The number of amides is 2. The van der Waals surface area contributed by atoms with Gasteiger partial charge in [-0.2, -0.15) is 0 Å². The number of carbonyl (C=O) groups is 2. The lowest BCUT2D eigenvalue weighted by Crippen LogP contribution is -2.46. The summed E-state index contributed by atoms with van der Waals surface area (Å²) in [6, 6.07) is 27.2. The van der Waals surface area contributed by atoms with Crippen molar-refractivity contribution in [1.29, 1.82) is 0 Å². The van der Waals surface area contributed by atoms with Crippen LogP contribution in [0.5, 0.6) is 0 Å². The van der Waals surface area contributed by atoms with Crippen LogP contribution in [0, 0.1) is 0 Å². The van der Waals surface area contributed by atoms with Gasteiger partial charge in [0.15, 0.2) is 0 Å². The van der Waals surface area contributed by atoms with Crippen LogP contribution in [0.2, 0.25) is 0 Å². The smallest absolute Gasteiger partial charge is 0.247 e. The van der Waals surface area contributed by atoms with Crippen molar-refractivity contribution >= 4 is 22.8 Å². The lowest BCUT2D eigenvalue weighted by molar-refractivity contribution is -0.142. The Morgan fingerprint density at radius 1 is 0.914 bits per heavy atom. The first-order chi connectivity index (χ1) is 17.1. The third-order valence-electron chi connectivity index (χ3n) is 6.73. The average Bonchev–Trinajstić information content (AvgIpc) is 3.28. The second-order valence-electron chi connectivity index (χ2n) is 9.12. The van der Waals surface area contributed by atoms with Gasteiger partial charge in [0.05, 0.1) is 23.5 Å². The molecule has 0 bridgehead atoms. The summed E-state index contributed by atoms with van der Waals surface area (Å²) in [5, 5.41) is 3.02. The highest BCUT2D eigenvalue weighted by molar-refractivity contribution is 5.90. The van der Waals surface area contributed by atoms with Gasteiger partial charge in [-0.3, -0.25) is 9.59 Å². The second-order valence-corrected chi connectivity index (χ2v) is 9.12. The van der Waals surface area contributed by atoms with Crippen molar-refractivity contribution in [2.75, 3.05) is 6.54 Å². The first-order valence-electron chi connectivity index (χ1n) is 12.2. The van der Waals surface area contributed by atoms with Crippen LogP contribution in [-0.4, -0.2) is 32.8 Å². The van der Waals surface area contributed by atoms with Crippen molar-refractivity contribution in [3.8, 4) is 0 Å². The van der Waals surface area contributed by atoms with E-state index < -0.39 is 6.04 Å². The SMILES string of the molecule is CC1c2nc3ccccc3n2C(CC(=O)NCCCc2ccccc2)C(=O)N1Cc1ccccc1. The lowest BCUT2D eigenvalue weighted by Gasteiger charge is -2.38. The fraction of sp³-hybridized carbons (Fsp3) is 0.276. The van der Waals surface area contributed by atoms with Crippen LogP contribution >= 0.6 is 0 Å². The van der Waals surface area contributed by atoms with Gasteiger partial charge in [-0.1, -0.05) is 72.8 Å². The molecule has 0 fully saturated rings. The Morgan fingerprint density at radius 3 is 2.31 bits per heavy atom. The van der Waals surface area contributed by atoms with E-state index in [0.717, 1.165) is 35.3 Å². The van der Waals surface area contributed by atoms with Gasteiger partial charge in [0.2, 0.25) is 11.8 Å². The summed E-state index contributed by atoms with van der Waals surface area (Å²) in [4.78, 5) is 33.5. The number of hydrogen-bond donors (Lipinski definition) is 1. The van der Waals surface area contributed by atoms with E-state index in [1.807, 2.05) is 89.2 Å². The molecule has 178 valence electrons. The van der Waals surface area contributed by atoms with Crippen LogP contribution in [0.3, 0.4) is 0 Å². The molecule has 6 heteroatoms. The molecular weight excluding hydrogens is 436 g/mol. The molecule has 1 N–H and O–H groups in total. The molecule has 5 rings (SSSR count). The molecule has 2 heterocycles. The van der Waals surface area contributed by atoms with E-state index in [9.17, 15) is 9.59 Å². The Morgan fingerprint density at radius 2 is 1.57 bits per heavy atom. The zero-order valence-corrected chi connectivity index (χ0v) is 19.9. The number of fused-ring (bicyclic) bond motifs is 3. The number of para-hydroxylation sites is 2. The summed E-state index contributed by atoms with van der Waals surface area (Å²) < 4.78 is 1.98. The molecular formula is C29H30N4O2. The van der Waals surface area contributed by atoms with E-state index in [2.05, 4.69) is 17.4 Å².